The third-order valence-electron chi connectivity index (χ3n) is 6.37. The molecule has 0 N–H and O–H groups in total. The van der Waals surface area contributed by atoms with Gasteiger partial charge in [0.15, 0.2) is 0 Å². The molecule has 1 aliphatic heterocycles. The second-order valence-corrected chi connectivity index (χ2v) is 24.2. The number of nitrogens with zero attached hydrogens (tertiary/aromatic N) is 1. The molecule has 1 aromatic rings. The van der Waals surface area contributed by atoms with Crippen molar-refractivity contribution >= 4 is 28.4 Å². The predicted octanol–water partition coefficient (Wildman–Crippen LogP) is 6.12. The summed E-state index contributed by atoms with van der Waals surface area (Å²) in [6.07, 6.45) is 7.13. The summed E-state index contributed by atoms with van der Waals surface area (Å²) in [4.78, 5) is 0.409. The maximum atomic E-state index is 13.7. The molecule has 0 aliphatic carbocycles. The summed E-state index contributed by atoms with van der Waals surface area (Å²) in [7, 11) is -3.55. The summed E-state index contributed by atoms with van der Waals surface area (Å²) in [6.45, 7) is 11.3. The topological polar surface area (TPSA) is 46.6 Å². The summed E-state index contributed by atoms with van der Waals surface area (Å²) in [5.41, 5.74) is 1.08. The molecular formula is C23H41NO3SSn. The van der Waals surface area contributed by atoms with E-state index in [4.69, 9.17) is 4.74 Å². The van der Waals surface area contributed by atoms with Gasteiger partial charge in [0.25, 0.3) is 0 Å². The second kappa shape index (κ2) is 11.5. The molecule has 166 valence electrons. The fourth-order valence-corrected chi connectivity index (χ4v) is 25.7. The predicted molar refractivity (Wildman–Crippen MR) is 124 cm³/mol. The van der Waals surface area contributed by atoms with E-state index < -0.39 is 28.4 Å². The molecule has 1 fully saturated rings. The first kappa shape index (κ1) is 25.2. The van der Waals surface area contributed by atoms with E-state index in [2.05, 4.69) is 20.8 Å². The molecule has 0 radical (unpaired) electrons. The van der Waals surface area contributed by atoms with E-state index in [0.717, 1.165) is 5.56 Å². The zero-order valence-electron chi connectivity index (χ0n) is 19.1. The van der Waals surface area contributed by atoms with E-state index in [-0.39, 0.29) is 10.3 Å². The van der Waals surface area contributed by atoms with Crippen LogP contribution in [0.1, 0.15) is 71.8 Å². The Bertz CT molecular complexity index is 698. The van der Waals surface area contributed by atoms with Crippen LogP contribution in [0.4, 0.5) is 0 Å². The first-order valence-electron chi connectivity index (χ1n) is 11.5. The molecule has 0 bridgehead atoms. The Kier molecular flexibility index (Phi) is 9.97. The molecule has 0 spiro atoms. The van der Waals surface area contributed by atoms with Crippen molar-refractivity contribution in [2.75, 3.05) is 6.61 Å². The van der Waals surface area contributed by atoms with Gasteiger partial charge in [0.05, 0.1) is 0 Å². The Labute approximate surface area is 183 Å². The van der Waals surface area contributed by atoms with Crippen molar-refractivity contribution < 1.29 is 13.2 Å². The number of benzene rings is 1. The van der Waals surface area contributed by atoms with E-state index >= 15 is 0 Å². The maximum absolute atomic E-state index is 13.7. The van der Waals surface area contributed by atoms with Crippen LogP contribution in [-0.4, -0.2) is 48.0 Å². The van der Waals surface area contributed by atoms with Crippen molar-refractivity contribution in [3.05, 3.63) is 29.8 Å². The van der Waals surface area contributed by atoms with Gasteiger partial charge in [-0.1, -0.05) is 0 Å². The van der Waals surface area contributed by atoms with Crippen LogP contribution in [0, 0.1) is 6.92 Å². The SMILES string of the molecule is CCC[CH2][Sn]([CH2]CCC)([CH2]CCC)[C@@H]1OC[C@H](C)N1S(=O)(=O)c1ccc(C)cc1. The number of hydrogen-bond acceptors (Lipinski definition) is 3. The number of rotatable bonds is 12. The normalized spacial score (nSPS) is 21.0. The van der Waals surface area contributed by atoms with Crippen LogP contribution in [0.5, 0.6) is 0 Å². The molecule has 0 aromatic heterocycles. The number of sulfonamides is 1. The zero-order chi connectivity index (χ0) is 21.5. The van der Waals surface area contributed by atoms with Crippen LogP contribution < -0.4 is 0 Å². The Balaban J connectivity index is 2.47. The van der Waals surface area contributed by atoms with Gasteiger partial charge < -0.3 is 0 Å². The van der Waals surface area contributed by atoms with E-state index in [9.17, 15) is 8.42 Å². The van der Waals surface area contributed by atoms with Crippen molar-refractivity contribution in [1.29, 1.82) is 0 Å². The molecule has 2 atom stereocenters. The van der Waals surface area contributed by atoms with Crippen molar-refractivity contribution in [1.82, 2.24) is 4.31 Å². The van der Waals surface area contributed by atoms with Crippen molar-refractivity contribution in [2.24, 2.45) is 0 Å². The fraction of sp³-hybridized carbons (Fsp3) is 0.739. The van der Waals surface area contributed by atoms with E-state index in [1.807, 2.05) is 26.0 Å². The third-order valence-corrected chi connectivity index (χ3v) is 24.7. The summed E-state index contributed by atoms with van der Waals surface area (Å²) in [5, 5.41) is 0. The standard InChI is InChI=1S/C11H14NO3S.3C4H9.Sn/c1-9-3-5-11(6-4-9)16(13,14)12-8-15-7-10(12)2;3*1-3-4-2;/h3-6,8,10H,7H2,1-2H3;3*1,3-4H2,2H3;/t10-;;;;/m0..../s1. The molecule has 0 unspecified atom stereocenters. The number of ether oxygens (including phenoxy) is 1. The molecule has 1 heterocycles. The van der Waals surface area contributed by atoms with Gasteiger partial charge in [-0.05, 0) is 0 Å². The molecular weight excluding hydrogens is 489 g/mol. The molecule has 1 aromatic carbocycles. The second-order valence-electron chi connectivity index (χ2n) is 8.86. The van der Waals surface area contributed by atoms with Gasteiger partial charge in [0.1, 0.15) is 0 Å². The quantitative estimate of drug-likeness (QED) is 0.306. The molecule has 4 nitrogen and oxygen atoms in total. The molecule has 0 amide bonds. The summed E-state index contributed by atoms with van der Waals surface area (Å²) in [5.74, 6) is 0. The van der Waals surface area contributed by atoms with Crippen LogP contribution in [0.25, 0.3) is 0 Å². The van der Waals surface area contributed by atoms with Gasteiger partial charge in [-0.25, -0.2) is 0 Å². The molecule has 0 saturated carbocycles. The number of aryl methyl sites for hydroxylation is 1. The number of hydrogen-bond donors (Lipinski definition) is 0. The average Bonchev–Trinajstić information content (AvgIpc) is 3.11. The van der Waals surface area contributed by atoms with E-state index in [1.54, 1.807) is 16.4 Å². The van der Waals surface area contributed by atoms with Crippen LogP contribution >= 0.6 is 0 Å². The van der Waals surface area contributed by atoms with Gasteiger partial charge in [-0.15, -0.1) is 0 Å². The van der Waals surface area contributed by atoms with Gasteiger partial charge >= 0.3 is 184 Å². The monoisotopic (exact) mass is 531 g/mol. The van der Waals surface area contributed by atoms with Gasteiger partial charge in [-0.2, -0.15) is 0 Å². The molecule has 1 saturated heterocycles. The zero-order valence-corrected chi connectivity index (χ0v) is 22.8. The Morgan fingerprint density at radius 2 is 1.45 bits per heavy atom. The van der Waals surface area contributed by atoms with Crippen LogP contribution in [-0.2, 0) is 14.8 Å². The first-order valence-corrected chi connectivity index (χ1v) is 20.7. The Hall–Kier alpha value is -0.111. The van der Waals surface area contributed by atoms with Crippen LogP contribution in [0.3, 0.4) is 0 Å². The van der Waals surface area contributed by atoms with Gasteiger partial charge in [-0.3, -0.25) is 0 Å². The Morgan fingerprint density at radius 3 is 1.90 bits per heavy atom. The average molecular weight is 530 g/mol. The minimum absolute atomic E-state index is 0.0905. The van der Waals surface area contributed by atoms with E-state index in [0.29, 0.717) is 11.5 Å². The van der Waals surface area contributed by atoms with E-state index in [1.165, 1.54) is 51.8 Å². The van der Waals surface area contributed by atoms with Crippen molar-refractivity contribution in [3.8, 4) is 0 Å². The number of unbranched alkanes of at least 4 members (excludes halogenated alkanes) is 3. The molecule has 6 heteroatoms. The summed E-state index contributed by atoms with van der Waals surface area (Å²) < 4.78 is 39.2. The van der Waals surface area contributed by atoms with Crippen molar-refractivity contribution in [3.63, 3.8) is 0 Å². The fourth-order valence-electron chi connectivity index (χ4n) is 4.58. The Morgan fingerprint density at radius 1 is 0.966 bits per heavy atom. The van der Waals surface area contributed by atoms with Crippen molar-refractivity contribution in [2.45, 2.75) is 102 Å². The first-order chi connectivity index (χ1) is 13.8. The molecule has 2 rings (SSSR count). The third kappa shape index (κ3) is 5.98. The van der Waals surface area contributed by atoms with Crippen LogP contribution in [0.15, 0.2) is 29.2 Å². The molecule has 29 heavy (non-hydrogen) atoms. The summed E-state index contributed by atoms with van der Waals surface area (Å²) in [6, 6.07) is 7.21. The summed E-state index contributed by atoms with van der Waals surface area (Å²) >= 11 is -2.91. The van der Waals surface area contributed by atoms with Gasteiger partial charge in [0.2, 0.25) is 0 Å². The van der Waals surface area contributed by atoms with Crippen LogP contribution in [0.2, 0.25) is 13.3 Å². The van der Waals surface area contributed by atoms with Gasteiger partial charge in [0, 0.05) is 0 Å². The molecule has 1 aliphatic rings. The minimum atomic E-state index is -3.55.